The summed E-state index contributed by atoms with van der Waals surface area (Å²) in [6.07, 6.45) is 2.49. The van der Waals surface area contributed by atoms with Crippen LogP contribution in [0, 0.1) is 11.3 Å². The molecule has 2 aliphatic heterocycles. The summed E-state index contributed by atoms with van der Waals surface area (Å²) in [7, 11) is 0. The predicted octanol–water partition coefficient (Wildman–Crippen LogP) is 2.43. The number of carbonyl (C=O) groups is 1. The summed E-state index contributed by atoms with van der Waals surface area (Å²) in [5.41, 5.74) is 0.799. The van der Waals surface area contributed by atoms with E-state index in [2.05, 4.69) is 0 Å². The zero-order chi connectivity index (χ0) is 16.1. The highest BCUT2D eigenvalue weighted by atomic mass is 16.6. The minimum absolute atomic E-state index is 0.125. The number of hydrogen-bond donors (Lipinski definition) is 1. The van der Waals surface area contributed by atoms with Crippen LogP contribution in [0.4, 0.5) is 4.79 Å². The van der Waals surface area contributed by atoms with Gasteiger partial charge in [0.05, 0.1) is 6.61 Å². The predicted molar refractivity (Wildman–Crippen MR) is 85.9 cm³/mol. The molecule has 1 unspecified atom stereocenters. The van der Waals surface area contributed by atoms with Gasteiger partial charge in [0.25, 0.3) is 0 Å². The van der Waals surface area contributed by atoms with E-state index >= 15 is 0 Å². The average Bonchev–Trinajstić information content (AvgIpc) is 3.07. The van der Waals surface area contributed by atoms with Crippen LogP contribution >= 0.6 is 0 Å². The largest absolute Gasteiger partial charge is 0.445 e. The Hall–Kier alpha value is -1.59. The van der Waals surface area contributed by atoms with Crippen LogP contribution in [0.3, 0.4) is 0 Å². The minimum Gasteiger partial charge on any atom is -0.445 e. The van der Waals surface area contributed by atoms with Crippen LogP contribution in [-0.2, 0) is 16.1 Å². The van der Waals surface area contributed by atoms with Crippen molar-refractivity contribution in [1.29, 1.82) is 0 Å². The van der Waals surface area contributed by atoms with E-state index in [0.29, 0.717) is 25.6 Å². The average molecular weight is 319 g/mol. The van der Waals surface area contributed by atoms with Crippen molar-refractivity contribution in [2.75, 3.05) is 32.9 Å². The first-order chi connectivity index (χ1) is 11.2. The first kappa shape index (κ1) is 16.3. The zero-order valence-electron chi connectivity index (χ0n) is 13.4. The third kappa shape index (κ3) is 3.67. The molecule has 1 aromatic rings. The van der Waals surface area contributed by atoms with Crippen molar-refractivity contribution < 1.29 is 19.4 Å². The molecule has 0 aromatic heterocycles. The second-order valence-corrected chi connectivity index (χ2v) is 6.62. The van der Waals surface area contributed by atoms with Crippen molar-refractivity contribution in [2.45, 2.75) is 25.9 Å². The Bertz CT molecular complexity index is 515. The van der Waals surface area contributed by atoms with Crippen molar-refractivity contribution in [3.8, 4) is 0 Å². The summed E-state index contributed by atoms with van der Waals surface area (Å²) >= 11 is 0. The molecule has 126 valence electrons. The molecule has 23 heavy (non-hydrogen) atoms. The highest BCUT2D eigenvalue weighted by Crippen LogP contribution is 2.42. The molecule has 0 saturated carbocycles. The van der Waals surface area contributed by atoms with Crippen LogP contribution in [0.25, 0.3) is 0 Å². The third-order valence-corrected chi connectivity index (χ3v) is 5.25. The standard InChI is InChI=1S/C18H25NO4/c20-14-18(16-6-10-22-11-7-16)8-9-19(13-18)17(21)23-12-15-4-2-1-3-5-15/h1-5,16,20H,6-14H2. The molecule has 2 saturated heterocycles. The van der Waals surface area contributed by atoms with Crippen molar-refractivity contribution in [2.24, 2.45) is 11.3 Å². The maximum Gasteiger partial charge on any atom is 0.410 e. The topological polar surface area (TPSA) is 59.0 Å². The molecule has 1 N–H and O–H groups in total. The van der Waals surface area contributed by atoms with Crippen molar-refractivity contribution in [3.05, 3.63) is 35.9 Å². The molecule has 1 aromatic carbocycles. The number of ether oxygens (including phenoxy) is 2. The number of aliphatic hydroxyl groups is 1. The van der Waals surface area contributed by atoms with E-state index in [1.165, 1.54) is 0 Å². The zero-order valence-corrected chi connectivity index (χ0v) is 13.4. The molecule has 5 nitrogen and oxygen atoms in total. The van der Waals surface area contributed by atoms with E-state index in [4.69, 9.17) is 9.47 Å². The lowest BCUT2D eigenvalue weighted by Crippen LogP contribution is -2.41. The van der Waals surface area contributed by atoms with Gasteiger partial charge in [-0.05, 0) is 30.7 Å². The van der Waals surface area contributed by atoms with Crippen LogP contribution in [0.5, 0.6) is 0 Å². The van der Waals surface area contributed by atoms with E-state index in [-0.39, 0.29) is 18.1 Å². The molecular weight excluding hydrogens is 294 g/mol. The number of likely N-dealkylation sites (tertiary alicyclic amines) is 1. The van der Waals surface area contributed by atoms with E-state index in [0.717, 1.165) is 38.0 Å². The van der Waals surface area contributed by atoms with Gasteiger partial charge in [0.15, 0.2) is 0 Å². The van der Waals surface area contributed by atoms with Crippen LogP contribution in [-0.4, -0.2) is 49.0 Å². The van der Waals surface area contributed by atoms with Gasteiger partial charge in [-0.1, -0.05) is 30.3 Å². The van der Waals surface area contributed by atoms with E-state index in [1.807, 2.05) is 30.3 Å². The molecule has 0 aliphatic carbocycles. The van der Waals surface area contributed by atoms with Crippen molar-refractivity contribution in [1.82, 2.24) is 4.90 Å². The number of rotatable bonds is 4. The van der Waals surface area contributed by atoms with Gasteiger partial charge >= 0.3 is 6.09 Å². The Morgan fingerprint density at radius 2 is 2.04 bits per heavy atom. The third-order valence-electron chi connectivity index (χ3n) is 5.25. The Kier molecular flexibility index (Phi) is 5.18. The van der Waals surface area contributed by atoms with Gasteiger partial charge in [-0.25, -0.2) is 4.79 Å². The smallest absolute Gasteiger partial charge is 0.410 e. The first-order valence-electron chi connectivity index (χ1n) is 8.38. The van der Waals surface area contributed by atoms with Gasteiger partial charge in [0.1, 0.15) is 6.61 Å². The summed E-state index contributed by atoms with van der Waals surface area (Å²) in [6, 6.07) is 9.69. The van der Waals surface area contributed by atoms with Gasteiger partial charge in [-0.3, -0.25) is 0 Å². The molecule has 2 fully saturated rings. The van der Waals surface area contributed by atoms with Crippen LogP contribution in [0.1, 0.15) is 24.8 Å². The Balaban J connectivity index is 1.56. The molecule has 2 aliphatic rings. The molecule has 0 spiro atoms. The number of aliphatic hydroxyl groups excluding tert-OH is 1. The second kappa shape index (κ2) is 7.32. The summed E-state index contributed by atoms with van der Waals surface area (Å²) < 4.78 is 10.8. The molecule has 5 heteroatoms. The lowest BCUT2D eigenvalue weighted by atomic mass is 9.71. The highest BCUT2D eigenvalue weighted by Gasteiger charge is 2.46. The normalized spacial score (nSPS) is 25.5. The van der Waals surface area contributed by atoms with Gasteiger partial charge < -0.3 is 19.5 Å². The maximum absolute atomic E-state index is 12.3. The summed E-state index contributed by atoms with van der Waals surface area (Å²) in [6.45, 7) is 3.17. The summed E-state index contributed by atoms with van der Waals surface area (Å²) in [5.74, 6) is 0.424. The fourth-order valence-corrected chi connectivity index (χ4v) is 3.76. The maximum atomic E-state index is 12.3. The van der Waals surface area contributed by atoms with E-state index in [9.17, 15) is 9.90 Å². The van der Waals surface area contributed by atoms with E-state index in [1.54, 1.807) is 4.90 Å². The fraction of sp³-hybridized carbons (Fsp3) is 0.611. The monoisotopic (exact) mass is 319 g/mol. The summed E-state index contributed by atoms with van der Waals surface area (Å²) in [5, 5.41) is 9.96. The lowest BCUT2D eigenvalue weighted by molar-refractivity contribution is -0.0131. The SMILES string of the molecule is O=C(OCc1ccccc1)N1CCC(CO)(C2CCOCC2)C1. The van der Waals surface area contributed by atoms with Gasteiger partial charge in [0, 0.05) is 31.7 Å². The molecule has 1 amide bonds. The number of benzene rings is 1. The Morgan fingerprint density at radius 1 is 1.30 bits per heavy atom. The van der Waals surface area contributed by atoms with E-state index < -0.39 is 0 Å². The molecule has 2 heterocycles. The molecule has 0 bridgehead atoms. The molecular formula is C18H25NO4. The first-order valence-corrected chi connectivity index (χ1v) is 8.38. The van der Waals surface area contributed by atoms with Gasteiger partial charge in [0.2, 0.25) is 0 Å². The highest BCUT2D eigenvalue weighted by molar-refractivity contribution is 5.68. The van der Waals surface area contributed by atoms with Crippen LogP contribution < -0.4 is 0 Å². The fourth-order valence-electron chi connectivity index (χ4n) is 3.76. The summed E-state index contributed by atoms with van der Waals surface area (Å²) in [4.78, 5) is 14.0. The quantitative estimate of drug-likeness (QED) is 0.926. The minimum atomic E-state index is -0.281. The molecule has 1 atom stereocenters. The van der Waals surface area contributed by atoms with Crippen molar-refractivity contribution in [3.63, 3.8) is 0 Å². The van der Waals surface area contributed by atoms with Gasteiger partial charge in [-0.15, -0.1) is 0 Å². The number of carbonyl (C=O) groups excluding carboxylic acids is 1. The number of hydrogen-bond acceptors (Lipinski definition) is 4. The Labute approximate surface area is 137 Å². The second-order valence-electron chi connectivity index (χ2n) is 6.62. The van der Waals surface area contributed by atoms with Crippen molar-refractivity contribution >= 4 is 6.09 Å². The van der Waals surface area contributed by atoms with Crippen LogP contribution in [0.15, 0.2) is 30.3 Å². The van der Waals surface area contributed by atoms with Crippen LogP contribution in [0.2, 0.25) is 0 Å². The van der Waals surface area contributed by atoms with Gasteiger partial charge in [-0.2, -0.15) is 0 Å². The number of nitrogens with zero attached hydrogens (tertiary/aromatic N) is 1. The Morgan fingerprint density at radius 3 is 2.74 bits per heavy atom. The lowest BCUT2D eigenvalue weighted by Gasteiger charge is -2.38. The number of amides is 1. The molecule has 3 rings (SSSR count). The molecule has 0 radical (unpaired) electrons.